The topological polar surface area (TPSA) is 72.8 Å². The number of ether oxygens (including phenoxy) is 1. The summed E-state index contributed by atoms with van der Waals surface area (Å²) in [7, 11) is -0.832. The molecule has 6 nitrogen and oxygen atoms in total. The van der Waals surface area contributed by atoms with Crippen molar-refractivity contribution in [1.29, 1.82) is 0 Å². The number of aliphatic hydroxyl groups is 1. The van der Waals surface area contributed by atoms with Gasteiger partial charge < -0.3 is 24.5 Å². The molecule has 1 saturated heterocycles. The van der Waals surface area contributed by atoms with Gasteiger partial charge in [0.1, 0.15) is 11.6 Å². The lowest BCUT2D eigenvalue weighted by molar-refractivity contribution is 0.00578. The van der Waals surface area contributed by atoms with Gasteiger partial charge >= 0.3 is 7.12 Å². The molecule has 0 unspecified atom stereocenters. The van der Waals surface area contributed by atoms with E-state index >= 15 is 4.39 Å². The normalized spacial score (nSPS) is 32.3. The van der Waals surface area contributed by atoms with Crippen LogP contribution < -0.4 is 15.5 Å². The number of benzene rings is 1. The lowest BCUT2D eigenvalue weighted by atomic mass is 9.70. The van der Waals surface area contributed by atoms with Gasteiger partial charge in [-0.05, 0) is 72.4 Å². The number of nitrogens with one attached hydrogen (secondary N) is 1. The maximum absolute atomic E-state index is 15.2. The summed E-state index contributed by atoms with van der Waals surface area (Å²) in [6.45, 7) is 12.3. The average Bonchev–Trinajstić information content (AvgIpc) is 3.23. The highest BCUT2D eigenvalue weighted by Crippen LogP contribution is 2.51. The monoisotopic (exact) mass is 530 g/mol. The zero-order valence-corrected chi connectivity index (χ0v) is 23.3. The van der Waals surface area contributed by atoms with Gasteiger partial charge in [-0.15, -0.1) is 0 Å². The van der Waals surface area contributed by atoms with Crippen LogP contribution in [0, 0.1) is 5.82 Å². The van der Waals surface area contributed by atoms with Crippen LogP contribution in [0.15, 0.2) is 30.5 Å². The van der Waals surface area contributed by atoms with Crippen molar-refractivity contribution in [2.24, 2.45) is 0 Å². The van der Waals surface area contributed by atoms with Crippen LogP contribution in [0.25, 0.3) is 0 Å². The lowest BCUT2D eigenvalue weighted by Crippen LogP contribution is -2.50. The van der Waals surface area contributed by atoms with E-state index in [0.29, 0.717) is 17.8 Å². The van der Waals surface area contributed by atoms with Gasteiger partial charge in [-0.1, -0.05) is 24.6 Å². The van der Waals surface area contributed by atoms with Gasteiger partial charge in [0.2, 0.25) is 0 Å². The molecule has 1 aromatic heterocycles. The number of hydrogen-bond donors (Lipinski definition) is 2. The first kappa shape index (κ1) is 26.9. The van der Waals surface area contributed by atoms with Crippen molar-refractivity contribution in [3.63, 3.8) is 0 Å². The molecule has 200 valence electrons. The average molecular weight is 531 g/mol. The molecule has 0 radical (unpaired) electrons. The van der Waals surface area contributed by atoms with Crippen LogP contribution in [-0.4, -0.2) is 46.6 Å². The number of fused-ring (bicyclic) bond motifs is 1. The number of pyridine rings is 1. The first-order valence-electron chi connectivity index (χ1n) is 13.2. The lowest BCUT2D eigenvalue weighted by Gasteiger charge is -2.38. The summed E-state index contributed by atoms with van der Waals surface area (Å²) < 4.78 is 34.6. The molecule has 0 bridgehead atoms. The molecular weight excluding hydrogens is 494 g/mol. The zero-order chi connectivity index (χ0) is 26.8. The Kier molecular flexibility index (Phi) is 6.68. The van der Waals surface area contributed by atoms with Crippen LogP contribution in [-0.2, 0) is 14.9 Å². The van der Waals surface area contributed by atoms with Crippen LogP contribution in [0.3, 0.4) is 0 Å². The third kappa shape index (κ3) is 4.59. The van der Waals surface area contributed by atoms with Gasteiger partial charge in [0.25, 0.3) is 0 Å². The van der Waals surface area contributed by atoms with E-state index in [1.54, 1.807) is 6.20 Å². The minimum absolute atomic E-state index is 0.00741. The predicted molar refractivity (Wildman–Crippen MR) is 143 cm³/mol. The Morgan fingerprint density at radius 1 is 1.14 bits per heavy atom. The third-order valence-electron chi connectivity index (χ3n) is 8.99. The van der Waals surface area contributed by atoms with Crippen LogP contribution in [0.4, 0.5) is 4.39 Å². The van der Waals surface area contributed by atoms with E-state index in [2.05, 4.69) is 17.2 Å². The zero-order valence-electron chi connectivity index (χ0n) is 22.5. The molecule has 0 spiro atoms. The number of halogens is 2. The van der Waals surface area contributed by atoms with E-state index in [-0.39, 0.29) is 17.0 Å². The molecule has 37 heavy (non-hydrogen) atoms. The second kappa shape index (κ2) is 9.20. The van der Waals surface area contributed by atoms with Crippen molar-refractivity contribution >= 4 is 24.2 Å². The van der Waals surface area contributed by atoms with E-state index < -0.39 is 35.3 Å². The Hall–Kier alpha value is -1.71. The Labute approximate surface area is 224 Å². The molecule has 3 aliphatic rings. The Morgan fingerprint density at radius 3 is 2.38 bits per heavy atom. The molecular formula is C28H37BClFN2O4. The quantitative estimate of drug-likeness (QED) is 0.539. The van der Waals surface area contributed by atoms with E-state index in [9.17, 15) is 5.11 Å². The largest absolute Gasteiger partial charge is 0.496 e. The predicted octanol–water partition coefficient (Wildman–Crippen LogP) is 4.85. The molecule has 3 heterocycles. The summed E-state index contributed by atoms with van der Waals surface area (Å²) in [6, 6.07) is 7.35. The van der Waals surface area contributed by atoms with Crippen molar-refractivity contribution in [1.82, 2.24) is 10.3 Å². The summed E-state index contributed by atoms with van der Waals surface area (Å²) in [4.78, 5) is 4.68. The summed E-state index contributed by atoms with van der Waals surface area (Å²) in [5, 5.41) is 14.1. The fraction of sp³-hybridized carbons (Fsp3) is 0.607. The van der Waals surface area contributed by atoms with E-state index in [1.807, 2.05) is 52.8 Å². The van der Waals surface area contributed by atoms with Gasteiger partial charge in [0, 0.05) is 41.8 Å². The van der Waals surface area contributed by atoms with Crippen molar-refractivity contribution in [2.75, 3.05) is 6.54 Å². The summed E-state index contributed by atoms with van der Waals surface area (Å²) >= 11 is 6.63. The van der Waals surface area contributed by atoms with Gasteiger partial charge in [-0.3, -0.25) is 4.98 Å². The van der Waals surface area contributed by atoms with E-state index in [0.717, 1.165) is 36.9 Å². The van der Waals surface area contributed by atoms with Crippen LogP contribution in [0.1, 0.15) is 84.4 Å². The molecule has 1 saturated carbocycles. The van der Waals surface area contributed by atoms with Gasteiger partial charge in [-0.2, -0.15) is 0 Å². The molecule has 2 aromatic rings. The summed E-state index contributed by atoms with van der Waals surface area (Å²) in [6.07, 6.45) is 4.96. The third-order valence-corrected chi connectivity index (χ3v) is 9.37. The van der Waals surface area contributed by atoms with E-state index in [1.165, 1.54) is 6.07 Å². The Bertz CT molecular complexity index is 1150. The second-order valence-electron chi connectivity index (χ2n) is 12.2. The standard InChI is InChI=1S/C28H37BClFN2O4/c1-17-22-20(15-19(31)24(30)23(22)29-36-25(2,3)26(4,5)37-29)35-28(17,21-9-7-8-14-32-21)16-33-18-10-12-27(6,34)13-11-18/h7-9,14-15,17-18,33-34H,10-13,16H2,1-6H3/t17-,18?,27?,28-/m0/s1. The minimum Gasteiger partial charge on any atom is -0.479 e. The fourth-order valence-corrected chi connectivity index (χ4v) is 6.03. The highest BCUT2D eigenvalue weighted by Gasteiger charge is 2.57. The maximum Gasteiger partial charge on any atom is 0.496 e. The van der Waals surface area contributed by atoms with Crippen LogP contribution in [0.5, 0.6) is 5.75 Å². The van der Waals surface area contributed by atoms with Gasteiger partial charge in [0.05, 0.1) is 27.5 Å². The van der Waals surface area contributed by atoms with E-state index in [4.69, 9.17) is 25.6 Å². The van der Waals surface area contributed by atoms with Crippen molar-refractivity contribution in [3.05, 3.63) is 52.6 Å². The molecule has 2 N–H and O–H groups in total. The molecule has 2 atom stereocenters. The fourth-order valence-electron chi connectivity index (χ4n) is 5.78. The second-order valence-corrected chi connectivity index (χ2v) is 12.5. The minimum atomic E-state index is -0.890. The molecule has 2 fully saturated rings. The number of rotatable bonds is 5. The highest BCUT2D eigenvalue weighted by molar-refractivity contribution is 6.66. The maximum atomic E-state index is 15.2. The van der Waals surface area contributed by atoms with Gasteiger partial charge in [-0.25, -0.2) is 4.39 Å². The SMILES string of the molecule is C[C@H]1c2c(cc(F)c(Cl)c2B2OC(C)(C)C(C)(C)O2)O[C@]1(CNC1CCC(C)(O)CC1)c1ccccn1. The number of nitrogens with zero attached hydrogens (tertiary/aromatic N) is 1. The van der Waals surface area contributed by atoms with Crippen LogP contribution in [0.2, 0.25) is 5.02 Å². The highest BCUT2D eigenvalue weighted by atomic mass is 35.5. The van der Waals surface area contributed by atoms with Crippen LogP contribution >= 0.6 is 11.6 Å². The molecule has 9 heteroatoms. The molecule has 1 aromatic carbocycles. The molecule has 5 rings (SSSR count). The molecule has 2 aliphatic heterocycles. The van der Waals surface area contributed by atoms with Gasteiger partial charge in [0.15, 0.2) is 5.60 Å². The van der Waals surface area contributed by atoms with Crippen molar-refractivity contribution < 1.29 is 23.5 Å². The first-order chi connectivity index (χ1) is 17.3. The summed E-state index contributed by atoms with van der Waals surface area (Å²) in [5.74, 6) is -0.376. The Morgan fingerprint density at radius 2 is 1.78 bits per heavy atom. The van der Waals surface area contributed by atoms with Crippen molar-refractivity contribution in [3.8, 4) is 5.75 Å². The van der Waals surface area contributed by atoms with Crippen molar-refractivity contribution in [2.45, 2.75) is 102 Å². The molecule has 1 aliphatic carbocycles. The first-order valence-corrected chi connectivity index (χ1v) is 13.6. The smallest absolute Gasteiger partial charge is 0.479 e. The summed E-state index contributed by atoms with van der Waals surface area (Å²) in [5.41, 5.74) is -0.700. The number of hydrogen-bond acceptors (Lipinski definition) is 6. The Balaban J connectivity index is 1.54. The number of aromatic nitrogens is 1. The molecule has 0 amide bonds.